The molecule has 30 heavy (non-hydrogen) atoms. The Kier molecular flexibility index (Phi) is 7.58. The molecule has 1 N–H and O–H groups in total. The van der Waals surface area contributed by atoms with Crippen molar-refractivity contribution >= 4 is 23.5 Å². The Hall–Kier alpha value is -3.63. The van der Waals surface area contributed by atoms with Crippen LogP contribution in [0.4, 0.5) is 0 Å². The largest absolute Gasteiger partial charge is 0.490 e. The summed E-state index contributed by atoms with van der Waals surface area (Å²) in [6.45, 7) is 2.62. The van der Waals surface area contributed by atoms with E-state index in [-0.39, 0.29) is 12.5 Å². The highest BCUT2D eigenvalue weighted by Crippen LogP contribution is 2.29. The molecule has 0 aliphatic carbocycles. The van der Waals surface area contributed by atoms with Crippen molar-refractivity contribution < 1.29 is 14.3 Å². The van der Waals surface area contributed by atoms with Crippen LogP contribution in [0.5, 0.6) is 11.5 Å². The second-order valence-electron chi connectivity index (χ2n) is 6.25. The Morgan fingerprint density at radius 1 is 1.17 bits per heavy atom. The fourth-order valence-corrected chi connectivity index (χ4v) is 3.40. The van der Waals surface area contributed by atoms with Crippen molar-refractivity contribution in [3.63, 3.8) is 0 Å². The van der Waals surface area contributed by atoms with Crippen molar-refractivity contribution in [2.45, 2.75) is 20.0 Å². The smallest absolute Gasteiger partial charge is 0.245 e. The zero-order valence-electron chi connectivity index (χ0n) is 16.5. The van der Waals surface area contributed by atoms with Gasteiger partial charge in [-0.05, 0) is 48.2 Å². The molecule has 0 radical (unpaired) electrons. The standard InChI is InChI=1S/C23H21N3O3S/c1-2-28-22-12-17(15-25-26-23(27)13-20-8-5-11-30-20)9-10-21(22)29-16-19-7-4-3-6-18(19)14-24/h3-12,15H,2,13,16H2,1H3,(H,26,27)/b25-15-. The Morgan fingerprint density at radius 3 is 2.80 bits per heavy atom. The molecule has 3 rings (SSSR count). The van der Waals surface area contributed by atoms with Gasteiger partial charge >= 0.3 is 0 Å². The van der Waals surface area contributed by atoms with Crippen molar-refractivity contribution in [2.24, 2.45) is 5.10 Å². The number of nitrogens with one attached hydrogen (secondary N) is 1. The van der Waals surface area contributed by atoms with Crippen LogP contribution in [0, 0.1) is 11.3 Å². The van der Waals surface area contributed by atoms with E-state index in [1.165, 1.54) is 11.3 Å². The average Bonchev–Trinajstić information content (AvgIpc) is 3.26. The average molecular weight is 420 g/mol. The van der Waals surface area contributed by atoms with Gasteiger partial charge in [0, 0.05) is 10.4 Å². The second kappa shape index (κ2) is 10.8. The number of thiophene rings is 1. The van der Waals surface area contributed by atoms with E-state index in [4.69, 9.17) is 9.47 Å². The van der Waals surface area contributed by atoms with Gasteiger partial charge in [-0.15, -0.1) is 11.3 Å². The molecule has 0 saturated heterocycles. The van der Waals surface area contributed by atoms with Gasteiger partial charge in [0.2, 0.25) is 5.91 Å². The first kappa shape index (κ1) is 21.1. The molecule has 0 spiro atoms. The first-order valence-corrected chi connectivity index (χ1v) is 10.3. The molecule has 152 valence electrons. The molecule has 0 bridgehead atoms. The Labute approximate surface area is 179 Å². The van der Waals surface area contributed by atoms with E-state index in [9.17, 15) is 10.1 Å². The van der Waals surface area contributed by atoms with E-state index in [1.807, 2.05) is 48.7 Å². The quantitative estimate of drug-likeness (QED) is 0.414. The third-order valence-electron chi connectivity index (χ3n) is 4.11. The number of nitrogens with zero attached hydrogens (tertiary/aromatic N) is 2. The highest BCUT2D eigenvalue weighted by Gasteiger charge is 2.08. The number of hydrogen-bond acceptors (Lipinski definition) is 6. The van der Waals surface area contributed by atoms with Gasteiger partial charge in [-0.3, -0.25) is 4.79 Å². The maximum absolute atomic E-state index is 11.9. The molecule has 0 unspecified atom stereocenters. The zero-order valence-corrected chi connectivity index (χ0v) is 17.3. The van der Waals surface area contributed by atoms with Crippen LogP contribution in [-0.4, -0.2) is 18.7 Å². The molecule has 1 heterocycles. The summed E-state index contributed by atoms with van der Waals surface area (Å²) in [7, 11) is 0. The van der Waals surface area contributed by atoms with Gasteiger partial charge < -0.3 is 9.47 Å². The van der Waals surface area contributed by atoms with Gasteiger partial charge in [0.25, 0.3) is 0 Å². The zero-order chi connectivity index (χ0) is 21.2. The van der Waals surface area contributed by atoms with Gasteiger partial charge in [0.05, 0.1) is 30.9 Å². The molecule has 1 aromatic heterocycles. The lowest BCUT2D eigenvalue weighted by Gasteiger charge is -2.13. The third-order valence-corrected chi connectivity index (χ3v) is 4.98. The monoisotopic (exact) mass is 419 g/mol. The number of carbonyl (C=O) groups is 1. The van der Waals surface area contributed by atoms with E-state index in [0.717, 1.165) is 16.0 Å². The summed E-state index contributed by atoms with van der Waals surface area (Å²) in [5.41, 5.74) is 4.68. The Bertz CT molecular complexity index is 1060. The van der Waals surface area contributed by atoms with Gasteiger partial charge in [0.15, 0.2) is 11.5 Å². The molecule has 7 heteroatoms. The number of carbonyl (C=O) groups excluding carboxylic acids is 1. The van der Waals surface area contributed by atoms with Gasteiger partial charge in [0.1, 0.15) is 6.61 Å². The van der Waals surface area contributed by atoms with Crippen LogP contribution in [0.3, 0.4) is 0 Å². The van der Waals surface area contributed by atoms with Crippen LogP contribution in [-0.2, 0) is 17.8 Å². The predicted molar refractivity (Wildman–Crippen MR) is 117 cm³/mol. The number of ether oxygens (including phenoxy) is 2. The summed E-state index contributed by atoms with van der Waals surface area (Å²) in [6.07, 6.45) is 1.86. The molecular formula is C23H21N3O3S. The summed E-state index contributed by atoms with van der Waals surface area (Å²) in [4.78, 5) is 12.9. The van der Waals surface area contributed by atoms with E-state index < -0.39 is 0 Å². The van der Waals surface area contributed by atoms with Crippen molar-refractivity contribution in [3.8, 4) is 17.6 Å². The maximum atomic E-state index is 11.9. The normalized spacial score (nSPS) is 10.5. The summed E-state index contributed by atoms with van der Waals surface area (Å²) in [6, 6.07) is 18.7. The molecule has 0 fully saturated rings. The summed E-state index contributed by atoms with van der Waals surface area (Å²) in [5.74, 6) is 0.971. The molecule has 0 aliphatic rings. The number of rotatable bonds is 9. The SMILES string of the molecule is CCOc1cc(/C=N\NC(=O)Cc2cccs2)ccc1OCc1ccccc1C#N. The van der Waals surface area contributed by atoms with Crippen LogP contribution in [0.1, 0.15) is 28.5 Å². The Balaban J connectivity index is 1.64. The van der Waals surface area contributed by atoms with Gasteiger partial charge in [-0.1, -0.05) is 24.3 Å². The molecular weight excluding hydrogens is 398 g/mol. The Morgan fingerprint density at radius 2 is 2.03 bits per heavy atom. The lowest BCUT2D eigenvalue weighted by molar-refractivity contribution is -0.120. The highest BCUT2D eigenvalue weighted by molar-refractivity contribution is 7.10. The lowest BCUT2D eigenvalue weighted by Crippen LogP contribution is -2.19. The lowest BCUT2D eigenvalue weighted by atomic mass is 10.1. The predicted octanol–water partition coefficient (Wildman–Crippen LogP) is 4.29. The number of hydrazone groups is 1. The second-order valence-corrected chi connectivity index (χ2v) is 7.28. The van der Waals surface area contributed by atoms with Crippen LogP contribution < -0.4 is 14.9 Å². The van der Waals surface area contributed by atoms with Crippen molar-refractivity contribution in [1.29, 1.82) is 5.26 Å². The summed E-state index contributed by atoms with van der Waals surface area (Å²) in [5, 5.41) is 15.2. The topological polar surface area (TPSA) is 83.7 Å². The highest BCUT2D eigenvalue weighted by atomic mass is 32.1. The molecule has 0 aliphatic heterocycles. The summed E-state index contributed by atoms with van der Waals surface area (Å²) >= 11 is 1.53. The molecule has 0 saturated carbocycles. The van der Waals surface area contributed by atoms with Gasteiger partial charge in [-0.2, -0.15) is 10.4 Å². The number of benzene rings is 2. The van der Waals surface area contributed by atoms with Crippen LogP contribution in [0.25, 0.3) is 0 Å². The fourth-order valence-electron chi connectivity index (χ4n) is 2.69. The minimum Gasteiger partial charge on any atom is -0.490 e. The first-order valence-electron chi connectivity index (χ1n) is 9.41. The summed E-state index contributed by atoms with van der Waals surface area (Å²) < 4.78 is 11.6. The fraction of sp³-hybridized carbons (Fsp3) is 0.174. The van der Waals surface area contributed by atoms with E-state index >= 15 is 0 Å². The minimum absolute atomic E-state index is 0.171. The molecule has 3 aromatic rings. The van der Waals surface area contributed by atoms with Crippen LogP contribution in [0.15, 0.2) is 65.1 Å². The van der Waals surface area contributed by atoms with Crippen molar-refractivity contribution in [3.05, 3.63) is 81.5 Å². The van der Waals surface area contributed by atoms with Crippen molar-refractivity contribution in [2.75, 3.05) is 6.61 Å². The maximum Gasteiger partial charge on any atom is 0.245 e. The molecule has 2 aromatic carbocycles. The van der Waals surface area contributed by atoms with E-state index in [2.05, 4.69) is 16.6 Å². The van der Waals surface area contributed by atoms with E-state index in [0.29, 0.717) is 30.1 Å². The van der Waals surface area contributed by atoms with Crippen LogP contribution >= 0.6 is 11.3 Å². The first-order chi connectivity index (χ1) is 14.7. The van der Waals surface area contributed by atoms with Crippen molar-refractivity contribution in [1.82, 2.24) is 5.43 Å². The van der Waals surface area contributed by atoms with Gasteiger partial charge in [-0.25, -0.2) is 5.43 Å². The number of hydrogen-bond donors (Lipinski definition) is 1. The van der Waals surface area contributed by atoms with E-state index in [1.54, 1.807) is 24.4 Å². The minimum atomic E-state index is -0.171. The number of amides is 1. The molecule has 0 atom stereocenters. The van der Waals surface area contributed by atoms with Crippen LogP contribution in [0.2, 0.25) is 0 Å². The number of nitriles is 1. The molecule has 1 amide bonds. The third kappa shape index (κ3) is 5.93. The molecule has 6 nitrogen and oxygen atoms in total.